The molecule has 0 spiro atoms. The predicted octanol–water partition coefficient (Wildman–Crippen LogP) is 22.9. The van der Waals surface area contributed by atoms with Gasteiger partial charge in [0.2, 0.25) is 0 Å². The van der Waals surface area contributed by atoms with E-state index in [4.69, 9.17) is 0 Å². The van der Waals surface area contributed by atoms with Gasteiger partial charge in [0.1, 0.15) is 0 Å². The van der Waals surface area contributed by atoms with Crippen molar-refractivity contribution in [1.82, 2.24) is 4.57 Å². The summed E-state index contributed by atoms with van der Waals surface area (Å²) in [6, 6.07) is 83.6. The number of hydrogen-bond donors (Lipinski definition) is 0. The zero-order valence-electron chi connectivity index (χ0n) is 50.7. The van der Waals surface area contributed by atoms with Gasteiger partial charge in [0.05, 0.1) is 16.7 Å². The minimum atomic E-state index is -0.0539. The van der Waals surface area contributed by atoms with Crippen LogP contribution in [0.4, 0.5) is 0 Å². The lowest BCUT2D eigenvalue weighted by Crippen LogP contribution is -2.13. The molecule has 1 aromatic heterocycles. The fourth-order valence-electron chi connectivity index (χ4n) is 11.8. The van der Waals surface area contributed by atoms with Gasteiger partial charge in [0.15, 0.2) is 0 Å². The van der Waals surface area contributed by atoms with Gasteiger partial charge in [-0.3, -0.25) is 0 Å². The normalized spacial score (nSPS) is 12.6. The molecule has 0 fully saturated rings. The summed E-state index contributed by atoms with van der Waals surface area (Å²) in [6.07, 6.45) is 0. The number of benzene rings is 10. The third-order valence-electron chi connectivity index (χ3n) is 16.8. The van der Waals surface area contributed by atoms with Gasteiger partial charge in [-0.05, 0) is 194 Å². The zero-order chi connectivity index (χ0) is 57.4. The van der Waals surface area contributed by atoms with Crippen molar-refractivity contribution < 1.29 is 0 Å². The van der Waals surface area contributed by atoms with E-state index in [-0.39, 0.29) is 27.1 Å². The summed E-state index contributed by atoms with van der Waals surface area (Å²) < 4.78 is 2.53. The molecule has 1 heteroatoms. The molecule has 0 aliphatic carbocycles. The van der Waals surface area contributed by atoms with Gasteiger partial charge in [-0.25, -0.2) is 0 Å². The molecule has 81 heavy (non-hydrogen) atoms. The standard InChI is InChI=1S/C80H81N/c1-76(2,3)64-34-24-52(25-35-64)58-44-59(53-26-36-65(37-27-53)77(4,5)6)47-62(46-58)56-32-42-74-70(50-56)71-51-57(33-43-75(71)81(74)73-23-19-17-21-69(73)68-20-16-18-22-72(68)80(13,14)15)63-48-60(54-28-38-66(39-29-54)78(7,8)9)45-61(49-63)55-30-40-67(41-31-55)79(10,11)12/h16-51H,1-15H3. The van der Waals surface area contributed by atoms with Crippen molar-refractivity contribution >= 4 is 21.8 Å². The molecule has 1 nitrogen and oxygen atoms in total. The molecule has 0 saturated heterocycles. The summed E-state index contributed by atoms with van der Waals surface area (Å²) >= 11 is 0. The highest BCUT2D eigenvalue weighted by molar-refractivity contribution is 6.12. The van der Waals surface area contributed by atoms with Crippen molar-refractivity contribution in [1.29, 1.82) is 0 Å². The lowest BCUT2D eigenvalue weighted by Gasteiger charge is -2.24. The molecule has 0 amide bonds. The molecule has 1 heterocycles. The second-order valence-corrected chi connectivity index (χ2v) is 28.0. The first kappa shape index (κ1) is 54.9. The van der Waals surface area contributed by atoms with E-state index in [1.807, 2.05) is 0 Å². The fourth-order valence-corrected chi connectivity index (χ4v) is 11.8. The Balaban J connectivity index is 1.15. The van der Waals surface area contributed by atoms with Crippen LogP contribution in [0.25, 0.3) is 105 Å². The summed E-state index contributed by atoms with van der Waals surface area (Å²) in [5, 5.41) is 2.43. The zero-order valence-corrected chi connectivity index (χ0v) is 50.7. The third-order valence-corrected chi connectivity index (χ3v) is 16.8. The Morgan fingerprint density at radius 2 is 0.494 bits per heavy atom. The molecule has 0 radical (unpaired) electrons. The SMILES string of the molecule is CC(C)(C)c1ccc(-c2cc(-c3ccc(C(C)(C)C)cc3)cc(-c3ccc4c(c3)c3cc(-c5cc(-c6ccc(C(C)(C)C)cc6)cc(-c6ccc(C(C)(C)C)cc6)c5)ccc3n4-c3ccccc3-c3ccccc3C(C)(C)C)c2)cc1. The van der Waals surface area contributed by atoms with E-state index in [2.05, 4.69) is 327 Å². The van der Waals surface area contributed by atoms with Crippen LogP contribution in [0.1, 0.15) is 132 Å². The van der Waals surface area contributed by atoms with Gasteiger partial charge < -0.3 is 4.57 Å². The van der Waals surface area contributed by atoms with Crippen molar-refractivity contribution in [2.45, 2.75) is 131 Å². The molecule has 0 saturated carbocycles. The Morgan fingerprint density at radius 3 is 0.802 bits per heavy atom. The summed E-state index contributed by atoms with van der Waals surface area (Å²) in [5.41, 5.74) is 27.2. The van der Waals surface area contributed by atoms with Crippen LogP contribution in [0.5, 0.6) is 0 Å². The molecule has 0 unspecified atom stereocenters. The molecule has 0 aliphatic rings. The molecule has 0 atom stereocenters. The molecular formula is C80H81N. The van der Waals surface area contributed by atoms with Crippen molar-refractivity contribution in [2.75, 3.05) is 0 Å². The van der Waals surface area contributed by atoms with E-state index in [1.165, 1.54) is 128 Å². The lowest BCUT2D eigenvalue weighted by atomic mass is 9.81. The Hall–Kier alpha value is -8.00. The average molecular weight is 1060 g/mol. The molecule has 0 N–H and O–H groups in total. The van der Waals surface area contributed by atoms with E-state index in [9.17, 15) is 0 Å². The largest absolute Gasteiger partial charge is 0.309 e. The van der Waals surface area contributed by atoms with E-state index < -0.39 is 0 Å². The first-order valence-electron chi connectivity index (χ1n) is 29.3. The molecule has 11 rings (SSSR count). The van der Waals surface area contributed by atoms with Crippen LogP contribution in [0.2, 0.25) is 0 Å². The topological polar surface area (TPSA) is 4.93 Å². The van der Waals surface area contributed by atoms with E-state index in [0.717, 1.165) is 5.69 Å². The summed E-state index contributed by atoms with van der Waals surface area (Å²) in [5.74, 6) is 0. The third kappa shape index (κ3) is 11.1. The van der Waals surface area contributed by atoms with Crippen LogP contribution in [-0.4, -0.2) is 4.57 Å². The van der Waals surface area contributed by atoms with Gasteiger partial charge >= 0.3 is 0 Å². The Bertz CT molecular complexity index is 3730. The number of aromatic nitrogens is 1. The highest BCUT2D eigenvalue weighted by Crippen LogP contribution is 2.44. The number of para-hydroxylation sites is 1. The summed E-state index contributed by atoms with van der Waals surface area (Å²) in [6.45, 7) is 34.4. The van der Waals surface area contributed by atoms with Crippen molar-refractivity contribution in [3.05, 3.63) is 246 Å². The average Bonchev–Trinajstić information content (AvgIpc) is 3.97. The van der Waals surface area contributed by atoms with Gasteiger partial charge in [-0.1, -0.05) is 256 Å². The fraction of sp³-hybridized carbons (Fsp3) is 0.250. The summed E-state index contributed by atoms with van der Waals surface area (Å²) in [7, 11) is 0. The van der Waals surface area contributed by atoms with Crippen LogP contribution in [0.15, 0.2) is 218 Å². The van der Waals surface area contributed by atoms with Crippen LogP contribution in [-0.2, 0) is 27.1 Å². The summed E-state index contributed by atoms with van der Waals surface area (Å²) in [4.78, 5) is 0. The predicted molar refractivity (Wildman–Crippen MR) is 352 cm³/mol. The van der Waals surface area contributed by atoms with E-state index >= 15 is 0 Å². The van der Waals surface area contributed by atoms with E-state index in [0.29, 0.717) is 0 Å². The second-order valence-electron chi connectivity index (χ2n) is 28.0. The first-order chi connectivity index (χ1) is 38.3. The van der Waals surface area contributed by atoms with E-state index in [1.54, 1.807) is 0 Å². The maximum absolute atomic E-state index is 2.53. The van der Waals surface area contributed by atoms with Gasteiger partial charge in [0, 0.05) is 16.3 Å². The van der Waals surface area contributed by atoms with Crippen LogP contribution >= 0.6 is 0 Å². The minimum Gasteiger partial charge on any atom is -0.309 e. The molecule has 0 bridgehead atoms. The maximum atomic E-state index is 2.53. The smallest absolute Gasteiger partial charge is 0.0541 e. The first-order valence-corrected chi connectivity index (χ1v) is 29.3. The van der Waals surface area contributed by atoms with Crippen LogP contribution < -0.4 is 0 Å². The van der Waals surface area contributed by atoms with Crippen LogP contribution in [0.3, 0.4) is 0 Å². The van der Waals surface area contributed by atoms with Gasteiger partial charge in [0.25, 0.3) is 0 Å². The number of nitrogens with zero attached hydrogens (tertiary/aromatic N) is 1. The lowest BCUT2D eigenvalue weighted by molar-refractivity contribution is 0.590. The Morgan fingerprint density at radius 1 is 0.222 bits per heavy atom. The minimum absolute atomic E-state index is 0.0539. The quantitative estimate of drug-likeness (QED) is 0.143. The molecular weight excluding hydrogens is 975 g/mol. The number of hydrogen-bond acceptors (Lipinski definition) is 0. The number of fused-ring (bicyclic) bond motifs is 3. The second kappa shape index (κ2) is 20.5. The maximum Gasteiger partial charge on any atom is 0.0541 e. The van der Waals surface area contributed by atoms with Crippen molar-refractivity contribution in [2.24, 2.45) is 0 Å². The Labute approximate surface area is 484 Å². The Kier molecular flexibility index (Phi) is 13.9. The molecule has 10 aromatic carbocycles. The molecule has 406 valence electrons. The van der Waals surface area contributed by atoms with Crippen molar-refractivity contribution in [3.8, 4) is 83.6 Å². The van der Waals surface area contributed by atoms with Crippen LogP contribution in [0, 0.1) is 0 Å². The molecule has 11 aromatic rings. The van der Waals surface area contributed by atoms with Gasteiger partial charge in [-0.2, -0.15) is 0 Å². The van der Waals surface area contributed by atoms with Crippen molar-refractivity contribution in [3.63, 3.8) is 0 Å². The van der Waals surface area contributed by atoms with Gasteiger partial charge in [-0.15, -0.1) is 0 Å². The highest BCUT2D eigenvalue weighted by atomic mass is 15.0. The highest BCUT2D eigenvalue weighted by Gasteiger charge is 2.24. The number of rotatable bonds is 8. The molecule has 0 aliphatic heterocycles. The monoisotopic (exact) mass is 1060 g/mol.